The van der Waals surface area contributed by atoms with Gasteiger partial charge in [0.25, 0.3) is 5.91 Å². The number of aliphatic hydroxyl groups excluding tert-OH is 1. The number of carbonyl (C=O) groups excluding carboxylic acids is 2. The van der Waals surface area contributed by atoms with Gasteiger partial charge in [-0.3, -0.25) is 9.59 Å². The molecule has 1 fully saturated rings. The standard InChI is InChI=1S/C14H18N2O3/c15-13(18)11-1-3-12(4-2-11)14(19)16-7-5-10(9-16)6-8-17/h1-4,10,17H,5-9H2,(H2,15,18). The highest BCUT2D eigenvalue weighted by molar-refractivity contribution is 5.97. The van der Waals surface area contributed by atoms with Crippen LogP contribution in [0.3, 0.4) is 0 Å². The third-order valence-electron chi connectivity index (χ3n) is 3.53. The lowest BCUT2D eigenvalue weighted by Crippen LogP contribution is -2.28. The number of likely N-dealkylation sites (tertiary alicyclic amines) is 1. The van der Waals surface area contributed by atoms with Gasteiger partial charge in [0.2, 0.25) is 5.91 Å². The van der Waals surface area contributed by atoms with Gasteiger partial charge in [-0.1, -0.05) is 0 Å². The number of benzene rings is 1. The van der Waals surface area contributed by atoms with E-state index in [0.717, 1.165) is 19.4 Å². The minimum absolute atomic E-state index is 0.0311. The molecular formula is C14H18N2O3. The molecule has 2 rings (SSSR count). The summed E-state index contributed by atoms with van der Waals surface area (Å²) in [5.41, 5.74) is 6.12. The molecule has 3 N–H and O–H groups in total. The van der Waals surface area contributed by atoms with E-state index in [1.165, 1.54) is 0 Å². The number of aliphatic hydroxyl groups is 1. The molecule has 1 heterocycles. The maximum atomic E-state index is 12.2. The van der Waals surface area contributed by atoms with E-state index in [9.17, 15) is 9.59 Å². The molecule has 1 aromatic rings. The summed E-state index contributed by atoms with van der Waals surface area (Å²) in [7, 11) is 0. The van der Waals surface area contributed by atoms with Crippen LogP contribution < -0.4 is 5.73 Å². The number of amides is 2. The van der Waals surface area contributed by atoms with Crippen molar-refractivity contribution in [2.75, 3.05) is 19.7 Å². The Bertz CT molecular complexity index is 470. The van der Waals surface area contributed by atoms with Crippen LogP contribution >= 0.6 is 0 Å². The Morgan fingerprint density at radius 2 is 1.89 bits per heavy atom. The fourth-order valence-corrected chi connectivity index (χ4v) is 2.39. The molecule has 0 radical (unpaired) electrons. The van der Waals surface area contributed by atoms with Crippen molar-refractivity contribution in [2.45, 2.75) is 12.8 Å². The minimum atomic E-state index is -0.497. The van der Waals surface area contributed by atoms with Crippen molar-refractivity contribution in [2.24, 2.45) is 11.7 Å². The van der Waals surface area contributed by atoms with Crippen LogP contribution in [0.1, 0.15) is 33.6 Å². The molecule has 1 aliphatic heterocycles. The van der Waals surface area contributed by atoms with Crippen LogP contribution in [0.15, 0.2) is 24.3 Å². The Morgan fingerprint density at radius 3 is 2.47 bits per heavy atom. The van der Waals surface area contributed by atoms with Crippen molar-refractivity contribution in [1.29, 1.82) is 0 Å². The topological polar surface area (TPSA) is 83.6 Å². The molecule has 0 spiro atoms. The zero-order valence-corrected chi connectivity index (χ0v) is 10.7. The van der Waals surface area contributed by atoms with Crippen LogP contribution in [0.2, 0.25) is 0 Å². The second kappa shape index (κ2) is 5.84. The van der Waals surface area contributed by atoms with Crippen molar-refractivity contribution in [1.82, 2.24) is 4.90 Å². The average molecular weight is 262 g/mol. The molecule has 0 aliphatic carbocycles. The average Bonchev–Trinajstić information content (AvgIpc) is 2.87. The summed E-state index contributed by atoms with van der Waals surface area (Å²) in [6.45, 7) is 1.58. The van der Waals surface area contributed by atoms with E-state index >= 15 is 0 Å². The Balaban J connectivity index is 2.02. The molecule has 1 atom stereocenters. The van der Waals surface area contributed by atoms with Gasteiger partial charge in [-0.2, -0.15) is 0 Å². The Morgan fingerprint density at radius 1 is 1.26 bits per heavy atom. The quantitative estimate of drug-likeness (QED) is 0.834. The summed E-state index contributed by atoms with van der Waals surface area (Å²) in [5.74, 6) is -0.140. The van der Waals surface area contributed by atoms with Gasteiger partial charge in [-0.05, 0) is 43.0 Å². The molecule has 102 valence electrons. The minimum Gasteiger partial charge on any atom is -0.396 e. The first-order valence-corrected chi connectivity index (χ1v) is 6.42. The third kappa shape index (κ3) is 3.12. The fraction of sp³-hybridized carbons (Fsp3) is 0.429. The number of primary amides is 1. The second-order valence-electron chi connectivity index (χ2n) is 4.86. The first-order chi connectivity index (χ1) is 9.11. The zero-order chi connectivity index (χ0) is 13.8. The molecule has 0 bridgehead atoms. The molecule has 0 saturated carbocycles. The zero-order valence-electron chi connectivity index (χ0n) is 10.7. The lowest BCUT2D eigenvalue weighted by atomic mass is 10.1. The largest absolute Gasteiger partial charge is 0.396 e. The lowest BCUT2D eigenvalue weighted by Gasteiger charge is -2.16. The van der Waals surface area contributed by atoms with Gasteiger partial charge in [0, 0.05) is 30.8 Å². The molecule has 19 heavy (non-hydrogen) atoms. The Hall–Kier alpha value is -1.88. The van der Waals surface area contributed by atoms with E-state index in [1.807, 2.05) is 0 Å². The molecule has 0 aromatic heterocycles. The predicted molar refractivity (Wildman–Crippen MR) is 70.7 cm³/mol. The summed E-state index contributed by atoms with van der Waals surface area (Å²) < 4.78 is 0. The molecular weight excluding hydrogens is 244 g/mol. The summed E-state index contributed by atoms with van der Waals surface area (Å²) in [6.07, 6.45) is 1.68. The molecule has 5 heteroatoms. The van der Waals surface area contributed by atoms with Crippen molar-refractivity contribution < 1.29 is 14.7 Å². The number of rotatable bonds is 4. The van der Waals surface area contributed by atoms with E-state index in [0.29, 0.717) is 23.6 Å². The van der Waals surface area contributed by atoms with E-state index < -0.39 is 5.91 Å². The number of nitrogens with two attached hydrogens (primary N) is 1. The summed E-state index contributed by atoms with van der Waals surface area (Å²) >= 11 is 0. The van der Waals surface area contributed by atoms with Gasteiger partial charge in [0.1, 0.15) is 0 Å². The van der Waals surface area contributed by atoms with Crippen LogP contribution in [0, 0.1) is 5.92 Å². The van der Waals surface area contributed by atoms with E-state index in [-0.39, 0.29) is 12.5 Å². The van der Waals surface area contributed by atoms with Gasteiger partial charge in [-0.25, -0.2) is 0 Å². The third-order valence-corrected chi connectivity index (χ3v) is 3.53. The smallest absolute Gasteiger partial charge is 0.253 e. The van der Waals surface area contributed by atoms with Gasteiger partial charge < -0.3 is 15.7 Å². The van der Waals surface area contributed by atoms with Crippen molar-refractivity contribution in [3.63, 3.8) is 0 Å². The first-order valence-electron chi connectivity index (χ1n) is 6.42. The maximum absolute atomic E-state index is 12.2. The van der Waals surface area contributed by atoms with E-state index in [2.05, 4.69) is 0 Å². The molecule has 1 unspecified atom stereocenters. The maximum Gasteiger partial charge on any atom is 0.253 e. The fourth-order valence-electron chi connectivity index (χ4n) is 2.39. The molecule has 5 nitrogen and oxygen atoms in total. The summed E-state index contributed by atoms with van der Waals surface area (Å²) in [4.78, 5) is 25.0. The van der Waals surface area contributed by atoms with Gasteiger partial charge in [0.15, 0.2) is 0 Å². The Labute approximate surface area is 112 Å². The lowest BCUT2D eigenvalue weighted by molar-refractivity contribution is 0.0784. The number of hydrogen-bond donors (Lipinski definition) is 2. The van der Waals surface area contributed by atoms with Crippen LogP contribution in [0.5, 0.6) is 0 Å². The number of carbonyl (C=O) groups is 2. The van der Waals surface area contributed by atoms with Crippen molar-refractivity contribution >= 4 is 11.8 Å². The van der Waals surface area contributed by atoms with E-state index in [4.69, 9.17) is 10.8 Å². The molecule has 2 amide bonds. The highest BCUT2D eigenvalue weighted by Gasteiger charge is 2.26. The van der Waals surface area contributed by atoms with Gasteiger partial charge >= 0.3 is 0 Å². The molecule has 1 aliphatic rings. The SMILES string of the molecule is NC(=O)c1ccc(C(=O)N2CCC(CCO)C2)cc1. The van der Waals surface area contributed by atoms with Crippen molar-refractivity contribution in [3.8, 4) is 0 Å². The number of hydrogen-bond acceptors (Lipinski definition) is 3. The highest BCUT2D eigenvalue weighted by Crippen LogP contribution is 2.21. The molecule has 1 aromatic carbocycles. The number of nitrogens with zero attached hydrogens (tertiary/aromatic N) is 1. The van der Waals surface area contributed by atoms with Crippen LogP contribution in [-0.4, -0.2) is 41.5 Å². The van der Waals surface area contributed by atoms with Crippen LogP contribution in [-0.2, 0) is 0 Å². The molecule has 1 saturated heterocycles. The summed E-state index contributed by atoms with van der Waals surface area (Å²) in [6, 6.07) is 6.39. The van der Waals surface area contributed by atoms with Gasteiger partial charge in [-0.15, -0.1) is 0 Å². The second-order valence-corrected chi connectivity index (χ2v) is 4.86. The summed E-state index contributed by atoms with van der Waals surface area (Å²) in [5, 5.41) is 8.90. The highest BCUT2D eigenvalue weighted by atomic mass is 16.3. The normalized spacial score (nSPS) is 18.6. The Kier molecular flexibility index (Phi) is 4.16. The van der Waals surface area contributed by atoms with Crippen LogP contribution in [0.4, 0.5) is 0 Å². The van der Waals surface area contributed by atoms with E-state index in [1.54, 1.807) is 29.2 Å². The van der Waals surface area contributed by atoms with Crippen molar-refractivity contribution in [3.05, 3.63) is 35.4 Å². The van der Waals surface area contributed by atoms with Crippen LogP contribution in [0.25, 0.3) is 0 Å². The first kappa shape index (κ1) is 13.5. The predicted octanol–water partition coefficient (Wildman–Crippen LogP) is 0.630. The monoisotopic (exact) mass is 262 g/mol. The van der Waals surface area contributed by atoms with Gasteiger partial charge in [0.05, 0.1) is 0 Å².